The van der Waals surface area contributed by atoms with Crippen LogP contribution in [0.1, 0.15) is 24.2 Å². The van der Waals surface area contributed by atoms with E-state index in [0.717, 1.165) is 10.6 Å². The molecule has 2 rings (SSSR count). The zero-order valence-electron chi connectivity index (χ0n) is 16.7. The average molecular weight is 420 g/mol. The monoisotopic (exact) mass is 420 g/mol. The van der Waals surface area contributed by atoms with Crippen molar-refractivity contribution in [2.45, 2.75) is 20.0 Å². The number of rotatable bonds is 8. The number of methoxy groups -OCH3 is 1. The van der Waals surface area contributed by atoms with Crippen LogP contribution in [0.2, 0.25) is 0 Å². The van der Waals surface area contributed by atoms with E-state index in [4.69, 9.17) is 4.74 Å². The van der Waals surface area contributed by atoms with Crippen molar-refractivity contribution in [2.24, 2.45) is 0 Å². The highest BCUT2D eigenvalue weighted by Gasteiger charge is 2.21. The SMILES string of the molecule is COC(=O)c1cccc(NC(=O)CN(c2cccc(OC(C)C)c2)S(C)(=O)=O)c1. The van der Waals surface area contributed by atoms with Gasteiger partial charge in [0, 0.05) is 11.8 Å². The van der Waals surface area contributed by atoms with E-state index >= 15 is 0 Å². The average Bonchev–Trinajstić information content (AvgIpc) is 2.64. The van der Waals surface area contributed by atoms with Crippen molar-refractivity contribution in [2.75, 3.05) is 29.5 Å². The van der Waals surface area contributed by atoms with Crippen molar-refractivity contribution in [1.82, 2.24) is 0 Å². The number of esters is 1. The number of sulfonamides is 1. The minimum absolute atomic E-state index is 0.0812. The van der Waals surface area contributed by atoms with Crippen LogP contribution < -0.4 is 14.4 Å². The first-order valence-corrected chi connectivity index (χ1v) is 10.7. The molecule has 0 bridgehead atoms. The molecule has 0 fully saturated rings. The molecule has 0 aliphatic heterocycles. The van der Waals surface area contributed by atoms with Crippen LogP contribution in [-0.2, 0) is 19.6 Å². The van der Waals surface area contributed by atoms with Gasteiger partial charge < -0.3 is 14.8 Å². The molecule has 1 N–H and O–H groups in total. The van der Waals surface area contributed by atoms with Crippen LogP contribution in [-0.4, -0.2) is 46.3 Å². The van der Waals surface area contributed by atoms with Crippen molar-refractivity contribution in [1.29, 1.82) is 0 Å². The predicted octanol–water partition coefficient (Wildman–Crippen LogP) is 2.67. The number of ether oxygens (including phenoxy) is 2. The summed E-state index contributed by atoms with van der Waals surface area (Å²) in [6.07, 6.45) is 0.941. The number of nitrogens with one attached hydrogen (secondary N) is 1. The third kappa shape index (κ3) is 6.49. The molecule has 0 aliphatic carbocycles. The van der Waals surface area contributed by atoms with E-state index in [2.05, 4.69) is 10.1 Å². The Hall–Kier alpha value is -3.07. The molecular formula is C20H24N2O6S. The molecule has 0 heterocycles. The Morgan fingerprint density at radius 3 is 2.41 bits per heavy atom. The van der Waals surface area contributed by atoms with Crippen LogP contribution in [0.4, 0.5) is 11.4 Å². The normalized spacial score (nSPS) is 11.1. The quantitative estimate of drug-likeness (QED) is 0.659. The van der Waals surface area contributed by atoms with E-state index < -0.39 is 28.4 Å². The zero-order chi connectivity index (χ0) is 21.6. The third-order valence-corrected chi connectivity index (χ3v) is 4.87. The Labute approximate surface area is 170 Å². The fraction of sp³-hybridized carbons (Fsp3) is 0.300. The maximum Gasteiger partial charge on any atom is 0.337 e. The van der Waals surface area contributed by atoms with E-state index in [9.17, 15) is 18.0 Å². The topological polar surface area (TPSA) is 102 Å². The van der Waals surface area contributed by atoms with Crippen molar-refractivity contribution in [3.8, 4) is 5.75 Å². The summed E-state index contributed by atoms with van der Waals surface area (Å²) in [5, 5.41) is 2.60. The van der Waals surface area contributed by atoms with E-state index in [1.54, 1.807) is 42.5 Å². The molecule has 0 saturated heterocycles. The Kier molecular flexibility index (Phi) is 7.22. The predicted molar refractivity (Wildman–Crippen MR) is 111 cm³/mol. The second-order valence-electron chi connectivity index (χ2n) is 6.55. The Morgan fingerprint density at radius 1 is 1.10 bits per heavy atom. The number of anilines is 2. The number of amides is 1. The van der Waals surface area contributed by atoms with Gasteiger partial charge in [-0.25, -0.2) is 13.2 Å². The van der Waals surface area contributed by atoms with Gasteiger partial charge in [0.05, 0.1) is 30.7 Å². The Bertz CT molecular complexity index is 988. The lowest BCUT2D eigenvalue weighted by molar-refractivity contribution is -0.114. The van der Waals surface area contributed by atoms with Crippen molar-refractivity contribution in [3.05, 3.63) is 54.1 Å². The summed E-state index contributed by atoms with van der Waals surface area (Å²) in [7, 11) is -2.47. The molecular weight excluding hydrogens is 396 g/mol. The summed E-state index contributed by atoms with van der Waals surface area (Å²) < 4.78 is 35.8. The first-order valence-electron chi connectivity index (χ1n) is 8.83. The standard InChI is InChI=1S/C20H24N2O6S/c1-14(2)28-18-10-6-9-17(12-18)22(29(4,25)26)13-19(23)21-16-8-5-7-15(11-16)20(24)27-3/h5-12,14H,13H2,1-4H3,(H,21,23). The van der Waals surface area contributed by atoms with Crippen molar-refractivity contribution in [3.63, 3.8) is 0 Å². The number of carbonyl (C=O) groups is 2. The molecule has 0 aliphatic rings. The maximum absolute atomic E-state index is 12.5. The van der Waals surface area contributed by atoms with Gasteiger partial charge in [-0.2, -0.15) is 0 Å². The van der Waals surface area contributed by atoms with Gasteiger partial charge in [-0.1, -0.05) is 12.1 Å². The summed E-state index contributed by atoms with van der Waals surface area (Å²) in [6, 6.07) is 12.7. The fourth-order valence-electron chi connectivity index (χ4n) is 2.56. The third-order valence-electron chi connectivity index (χ3n) is 3.73. The van der Waals surface area contributed by atoms with E-state index in [-0.39, 0.29) is 11.7 Å². The molecule has 8 nitrogen and oxygen atoms in total. The summed E-state index contributed by atoms with van der Waals surface area (Å²) >= 11 is 0. The number of carbonyl (C=O) groups excluding carboxylic acids is 2. The number of hydrogen-bond donors (Lipinski definition) is 1. The van der Waals surface area contributed by atoms with Crippen LogP contribution in [0.5, 0.6) is 5.75 Å². The van der Waals surface area contributed by atoms with Gasteiger partial charge in [0.1, 0.15) is 12.3 Å². The van der Waals surface area contributed by atoms with Crippen LogP contribution in [0.25, 0.3) is 0 Å². The lowest BCUT2D eigenvalue weighted by atomic mass is 10.2. The summed E-state index contributed by atoms with van der Waals surface area (Å²) in [6.45, 7) is 3.28. The minimum atomic E-state index is -3.73. The molecule has 0 saturated carbocycles. The molecule has 0 atom stereocenters. The first kappa shape index (κ1) is 22.2. The summed E-state index contributed by atoms with van der Waals surface area (Å²) in [4.78, 5) is 24.1. The molecule has 0 unspecified atom stereocenters. The highest BCUT2D eigenvalue weighted by molar-refractivity contribution is 7.92. The van der Waals surface area contributed by atoms with E-state index in [1.165, 1.54) is 13.2 Å². The highest BCUT2D eigenvalue weighted by Crippen LogP contribution is 2.24. The van der Waals surface area contributed by atoms with Crippen LogP contribution in [0.15, 0.2) is 48.5 Å². The maximum atomic E-state index is 12.5. The van der Waals surface area contributed by atoms with Crippen molar-refractivity contribution >= 4 is 33.3 Å². The van der Waals surface area contributed by atoms with Crippen LogP contribution in [0.3, 0.4) is 0 Å². The molecule has 156 valence electrons. The fourth-order valence-corrected chi connectivity index (χ4v) is 3.41. The molecule has 2 aromatic rings. The first-order chi connectivity index (χ1) is 13.6. The van der Waals surface area contributed by atoms with Crippen LogP contribution >= 0.6 is 0 Å². The molecule has 1 amide bonds. The molecule has 0 radical (unpaired) electrons. The second kappa shape index (κ2) is 9.42. The molecule has 29 heavy (non-hydrogen) atoms. The molecule has 0 spiro atoms. The van der Waals surface area contributed by atoms with Gasteiger partial charge in [0.15, 0.2) is 0 Å². The lowest BCUT2D eigenvalue weighted by Crippen LogP contribution is -2.37. The Balaban J connectivity index is 2.21. The molecule has 2 aromatic carbocycles. The molecule has 9 heteroatoms. The molecule has 0 aromatic heterocycles. The summed E-state index contributed by atoms with van der Waals surface area (Å²) in [5.41, 5.74) is 0.927. The van der Waals surface area contributed by atoms with Crippen LogP contribution in [0, 0.1) is 0 Å². The smallest absolute Gasteiger partial charge is 0.337 e. The lowest BCUT2D eigenvalue weighted by Gasteiger charge is -2.23. The van der Waals surface area contributed by atoms with Gasteiger partial charge in [-0.05, 0) is 44.2 Å². The summed E-state index contributed by atoms with van der Waals surface area (Å²) in [5.74, 6) is -0.606. The highest BCUT2D eigenvalue weighted by atomic mass is 32.2. The van der Waals surface area contributed by atoms with Gasteiger partial charge in [0.25, 0.3) is 0 Å². The number of nitrogens with zero attached hydrogens (tertiary/aromatic N) is 1. The van der Waals surface area contributed by atoms with Gasteiger partial charge in [0.2, 0.25) is 15.9 Å². The number of benzene rings is 2. The van der Waals surface area contributed by atoms with Gasteiger partial charge in [-0.3, -0.25) is 9.10 Å². The number of hydrogen-bond acceptors (Lipinski definition) is 6. The van der Waals surface area contributed by atoms with Crippen molar-refractivity contribution < 1.29 is 27.5 Å². The minimum Gasteiger partial charge on any atom is -0.491 e. The van der Waals surface area contributed by atoms with Gasteiger partial charge >= 0.3 is 5.97 Å². The Morgan fingerprint density at radius 2 is 1.79 bits per heavy atom. The van der Waals surface area contributed by atoms with Gasteiger partial charge in [-0.15, -0.1) is 0 Å². The second-order valence-corrected chi connectivity index (χ2v) is 8.46. The van der Waals surface area contributed by atoms with E-state index in [0.29, 0.717) is 17.1 Å². The largest absolute Gasteiger partial charge is 0.491 e. The van der Waals surface area contributed by atoms with E-state index in [1.807, 2.05) is 13.8 Å². The zero-order valence-corrected chi connectivity index (χ0v) is 17.5.